The number of hydrogen-bond acceptors (Lipinski definition) is 6. The van der Waals surface area contributed by atoms with E-state index in [1.165, 1.54) is 4.31 Å². The summed E-state index contributed by atoms with van der Waals surface area (Å²) in [5.41, 5.74) is 8.49. The zero-order valence-corrected chi connectivity index (χ0v) is 20.2. The molecule has 0 spiro atoms. The van der Waals surface area contributed by atoms with Crippen LogP contribution < -0.4 is 14.8 Å². The summed E-state index contributed by atoms with van der Waals surface area (Å²) in [6, 6.07) is 23.0. The van der Waals surface area contributed by atoms with Gasteiger partial charge in [0.1, 0.15) is 22.3 Å². The molecule has 0 aliphatic carbocycles. The second-order valence-corrected chi connectivity index (χ2v) is 10.3. The van der Waals surface area contributed by atoms with Crippen LogP contribution in [0.25, 0.3) is 5.76 Å². The standard InChI is InChI=1S/C26H20ClN3O4S/c1-33-19-6-4-5-16(13-19)15-30-22-8-3-2-7-20(22)24-25(35(30,31)32)23(21(14-28)26(29)34-24)17-9-11-18(27)12-10-17/h2-13,23H,15,29H2,1H3. The van der Waals surface area contributed by atoms with Crippen LogP contribution in [0, 0.1) is 11.3 Å². The SMILES string of the molecule is COc1cccc(CN2c3ccccc3C3=C(C(c4ccc(Cl)cc4)C(C#N)=C(N)O3)S2(=O)=O)c1. The average Bonchev–Trinajstić information content (AvgIpc) is 2.86. The zero-order chi connectivity index (χ0) is 24.7. The lowest BCUT2D eigenvalue weighted by Crippen LogP contribution is -2.39. The Hall–Kier alpha value is -3.93. The Balaban J connectivity index is 1.74. The lowest BCUT2D eigenvalue weighted by Gasteiger charge is -2.38. The Morgan fingerprint density at radius 2 is 1.86 bits per heavy atom. The second kappa shape index (κ2) is 8.69. The van der Waals surface area contributed by atoms with Gasteiger partial charge in [-0.25, -0.2) is 8.42 Å². The van der Waals surface area contributed by atoms with Crippen LogP contribution in [0.5, 0.6) is 5.75 Å². The van der Waals surface area contributed by atoms with Crippen molar-refractivity contribution in [1.82, 2.24) is 0 Å². The smallest absolute Gasteiger partial charge is 0.265 e. The summed E-state index contributed by atoms with van der Waals surface area (Å²) < 4.78 is 41.0. The highest BCUT2D eigenvalue weighted by Gasteiger charge is 2.47. The number of fused-ring (bicyclic) bond motifs is 2. The van der Waals surface area contributed by atoms with Gasteiger partial charge in [-0.15, -0.1) is 0 Å². The van der Waals surface area contributed by atoms with Gasteiger partial charge in [-0.05, 0) is 47.5 Å². The van der Waals surface area contributed by atoms with E-state index < -0.39 is 15.9 Å². The number of nitriles is 1. The van der Waals surface area contributed by atoms with E-state index in [2.05, 4.69) is 6.07 Å². The van der Waals surface area contributed by atoms with Crippen LogP contribution in [-0.4, -0.2) is 15.5 Å². The summed E-state index contributed by atoms with van der Waals surface area (Å²) in [6.07, 6.45) is 0. The van der Waals surface area contributed by atoms with Crippen LogP contribution in [-0.2, 0) is 21.3 Å². The first kappa shape index (κ1) is 22.8. The van der Waals surface area contributed by atoms with Gasteiger partial charge in [0.15, 0.2) is 5.76 Å². The predicted molar refractivity (Wildman–Crippen MR) is 134 cm³/mol. The fraction of sp³-hybridized carbons (Fsp3) is 0.115. The highest BCUT2D eigenvalue weighted by atomic mass is 35.5. The third-order valence-corrected chi connectivity index (χ3v) is 8.16. The molecule has 2 aliphatic rings. The summed E-state index contributed by atoms with van der Waals surface area (Å²) >= 11 is 6.07. The predicted octanol–water partition coefficient (Wildman–Crippen LogP) is 4.88. The first-order valence-corrected chi connectivity index (χ1v) is 12.5. The van der Waals surface area contributed by atoms with Crippen LogP contribution in [0.4, 0.5) is 5.69 Å². The zero-order valence-electron chi connectivity index (χ0n) is 18.6. The fourth-order valence-electron chi connectivity index (χ4n) is 4.40. The summed E-state index contributed by atoms with van der Waals surface area (Å²) in [6.45, 7) is 0.0573. The average molecular weight is 506 g/mol. The number of benzene rings is 3. The normalized spacial score (nSPS) is 18.3. The van der Waals surface area contributed by atoms with Gasteiger partial charge in [-0.3, -0.25) is 4.31 Å². The maximum atomic E-state index is 14.2. The molecular formula is C26H20ClN3O4S. The highest BCUT2D eigenvalue weighted by Crippen LogP contribution is 2.51. The number of sulfonamides is 1. The van der Waals surface area contributed by atoms with Crippen molar-refractivity contribution >= 4 is 33.1 Å². The summed E-state index contributed by atoms with van der Waals surface area (Å²) in [5.74, 6) is -0.337. The highest BCUT2D eigenvalue weighted by molar-refractivity contribution is 7.96. The molecule has 1 unspecified atom stereocenters. The maximum Gasteiger partial charge on any atom is 0.265 e. The molecular weight excluding hydrogens is 486 g/mol. The number of anilines is 1. The van der Waals surface area contributed by atoms with Crippen molar-refractivity contribution in [3.63, 3.8) is 0 Å². The molecule has 2 aliphatic heterocycles. The molecule has 0 saturated carbocycles. The summed E-state index contributed by atoms with van der Waals surface area (Å²) in [7, 11) is -2.60. The van der Waals surface area contributed by atoms with E-state index in [0.717, 1.165) is 5.56 Å². The quantitative estimate of drug-likeness (QED) is 0.542. The summed E-state index contributed by atoms with van der Waals surface area (Å²) in [4.78, 5) is -0.0350. The molecule has 2 heterocycles. The molecule has 3 aromatic rings. The second-order valence-electron chi connectivity index (χ2n) is 8.05. The molecule has 0 bridgehead atoms. The van der Waals surface area contributed by atoms with Crippen LogP contribution in [0.15, 0.2) is 89.2 Å². The lowest BCUT2D eigenvalue weighted by molar-refractivity contribution is 0.357. The lowest BCUT2D eigenvalue weighted by atomic mass is 9.88. The van der Waals surface area contributed by atoms with Crippen molar-refractivity contribution in [2.45, 2.75) is 12.5 Å². The topological polar surface area (TPSA) is 106 Å². The minimum atomic E-state index is -4.16. The van der Waals surface area contributed by atoms with Crippen molar-refractivity contribution in [2.24, 2.45) is 5.73 Å². The monoisotopic (exact) mass is 505 g/mol. The molecule has 0 aromatic heterocycles. The minimum Gasteiger partial charge on any atom is -0.497 e. The van der Waals surface area contributed by atoms with Crippen molar-refractivity contribution in [3.8, 4) is 11.8 Å². The molecule has 7 nitrogen and oxygen atoms in total. The van der Waals surface area contributed by atoms with E-state index in [0.29, 0.717) is 27.6 Å². The third-order valence-electron chi connectivity index (χ3n) is 6.02. The van der Waals surface area contributed by atoms with Gasteiger partial charge in [-0.2, -0.15) is 5.26 Å². The van der Waals surface area contributed by atoms with Crippen molar-refractivity contribution in [2.75, 3.05) is 11.4 Å². The molecule has 0 amide bonds. The van der Waals surface area contributed by atoms with Gasteiger partial charge in [0.2, 0.25) is 5.88 Å². The van der Waals surface area contributed by atoms with Crippen molar-refractivity contribution < 1.29 is 17.9 Å². The largest absolute Gasteiger partial charge is 0.497 e. The van der Waals surface area contributed by atoms with Gasteiger partial charge >= 0.3 is 0 Å². The Morgan fingerprint density at radius 1 is 1.11 bits per heavy atom. The number of halogens is 1. The Kier molecular flexibility index (Phi) is 5.67. The number of nitrogens with zero attached hydrogens (tertiary/aromatic N) is 2. The molecule has 35 heavy (non-hydrogen) atoms. The first-order chi connectivity index (χ1) is 16.8. The number of allylic oxidation sites excluding steroid dienone is 2. The van der Waals surface area contributed by atoms with E-state index in [4.69, 9.17) is 26.8 Å². The van der Waals surface area contributed by atoms with Crippen molar-refractivity contribution in [3.05, 3.63) is 111 Å². The fourth-order valence-corrected chi connectivity index (χ4v) is 6.44. The molecule has 0 fully saturated rings. The molecule has 0 radical (unpaired) electrons. The van der Waals surface area contributed by atoms with E-state index in [9.17, 15) is 13.7 Å². The molecule has 3 aromatic carbocycles. The van der Waals surface area contributed by atoms with E-state index in [1.54, 1.807) is 73.8 Å². The molecule has 9 heteroatoms. The van der Waals surface area contributed by atoms with Crippen LogP contribution >= 0.6 is 11.6 Å². The Labute approximate surface area is 208 Å². The number of rotatable bonds is 4. The Bertz CT molecular complexity index is 1540. The number of para-hydroxylation sites is 1. The molecule has 2 N–H and O–H groups in total. The van der Waals surface area contributed by atoms with E-state index in [-0.39, 0.29) is 28.7 Å². The van der Waals surface area contributed by atoms with Gasteiger partial charge in [0.05, 0.1) is 25.3 Å². The third kappa shape index (κ3) is 3.79. The van der Waals surface area contributed by atoms with Gasteiger partial charge in [0.25, 0.3) is 10.0 Å². The minimum absolute atomic E-state index is 0.0235. The number of ether oxygens (including phenoxy) is 2. The van der Waals surface area contributed by atoms with Crippen LogP contribution in [0.3, 0.4) is 0 Å². The van der Waals surface area contributed by atoms with Gasteiger partial charge in [0, 0.05) is 10.6 Å². The Morgan fingerprint density at radius 3 is 2.57 bits per heavy atom. The first-order valence-electron chi connectivity index (χ1n) is 10.7. The molecule has 176 valence electrons. The number of methoxy groups -OCH3 is 1. The van der Waals surface area contributed by atoms with Crippen LogP contribution in [0.1, 0.15) is 22.6 Å². The number of nitrogens with two attached hydrogens (primary N) is 1. The molecule has 5 rings (SSSR count). The summed E-state index contributed by atoms with van der Waals surface area (Å²) in [5, 5.41) is 10.4. The van der Waals surface area contributed by atoms with Gasteiger partial charge in [-0.1, -0.05) is 48.0 Å². The van der Waals surface area contributed by atoms with Crippen LogP contribution in [0.2, 0.25) is 5.02 Å². The van der Waals surface area contributed by atoms with Gasteiger partial charge < -0.3 is 15.2 Å². The van der Waals surface area contributed by atoms with Crippen molar-refractivity contribution in [1.29, 1.82) is 5.26 Å². The number of hydrogen-bond donors (Lipinski definition) is 1. The van der Waals surface area contributed by atoms with E-state index >= 15 is 0 Å². The molecule has 0 saturated heterocycles. The van der Waals surface area contributed by atoms with E-state index in [1.807, 2.05) is 6.07 Å². The molecule has 1 atom stereocenters. The maximum absolute atomic E-state index is 14.2.